The molecule has 0 aliphatic carbocycles. The Morgan fingerprint density at radius 3 is 2.57 bits per heavy atom. The van der Waals surface area contributed by atoms with Crippen LogP contribution in [0, 0.1) is 5.41 Å². The second kappa shape index (κ2) is 7.08. The van der Waals surface area contributed by atoms with Crippen molar-refractivity contribution in [2.24, 2.45) is 5.41 Å². The van der Waals surface area contributed by atoms with Crippen molar-refractivity contribution in [2.45, 2.75) is 58.5 Å². The van der Waals surface area contributed by atoms with Crippen LogP contribution in [0.3, 0.4) is 0 Å². The molecule has 1 aliphatic rings. The molecule has 0 spiro atoms. The number of hydrogen-bond acceptors (Lipinski definition) is 2. The van der Waals surface area contributed by atoms with Gasteiger partial charge in [0, 0.05) is 0 Å². The largest absolute Gasteiger partial charge is 0.348 e. The lowest BCUT2D eigenvalue weighted by Gasteiger charge is -2.30. The van der Waals surface area contributed by atoms with Gasteiger partial charge in [0.25, 0.3) is 0 Å². The van der Waals surface area contributed by atoms with E-state index in [1.54, 1.807) is 0 Å². The first-order valence-corrected chi connectivity index (χ1v) is 8.04. The average molecular weight is 288 g/mol. The summed E-state index contributed by atoms with van der Waals surface area (Å²) in [6.07, 6.45) is 4.20. The molecule has 3 heteroatoms. The third-order valence-corrected chi connectivity index (χ3v) is 3.96. The van der Waals surface area contributed by atoms with Gasteiger partial charge in [0.2, 0.25) is 5.91 Å². The van der Waals surface area contributed by atoms with Crippen LogP contribution in [0.25, 0.3) is 0 Å². The maximum Gasteiger partial charge on any atom is 0.237 e. The first kappa shape index (κ1) is 16.0. The van der Waals surface area contributed by atoms with Crippen LogP contribution in [0.1, 0.15) is 58.1 Å². The van der Waals surface area contributed by atoms with E-state index in [1.807, 2.05) is 18.2 Å². The van der Waals surface area contributed by atoms with Crippen LogP contribution in [-0.2, 0) is 4.79 Å². The Morgan fingerprint density at radius 1 is 1.29 bits per heavy atom. The number of carbonyl (C=O) groups is 1. The molecule has 2 rings (SSSR count). The Balaban J connectivity index is 2.06. The summed E-state index contributed by atoms with van der Waals surface area (Å²) < 4.78 is 0. The SMILES string of the molecule is CC(C)(C)CC(NC(=O)C1CCCCN1)c1ccccc1. The van der Waals surface area contributed by atoms with Gasteiger partial charge in [-0.25, -0.2) is 0 Å². The van der Waals surface area contributed by atoms with Crippen LogP contribution in [-0.4, -0.2) is 18.5 Å². The Hall–Kier alpha value is -1.35. The molecule has 2 atom stereocenters. The van der Waals surface area contributed by atoms with Crippen LogP contribution in [0.5, 0.6) is 0 Å². The van der Waals surface area contributed by atoms with Crippen molar-refractivity contribution < 1.29 is 4.79 Å². The molecule has 2 N–H and O–H groups in total. The highest BCUT2D eigenvalue weighted by molar-refractivity contribution is 5.82. The number of hydrogen-bond donors (Lipinski definition) is 2. The number of carbonyl (C=O) groups excluding carboxylic acids is 1. The van der Waals surface area contributed by atoms with Gasteiger partial charge in [0.1, 0.15) is 0 Å². The summed E-state index contributed by atoms with van der Waals surface area (Å²) in [4.78, 5) is 12.5. The Morgan fingerprint density at radius 2 is 2.00 bits per heavy atom. The third kappa shape index (κ3) is 5.16. The normalized spacial score (nSPS) is 20.8. The predicted molar refractivity (Wildman–Crippen MR) is 87.0 cm³/mol. The number of rotatable bonds is 4. The van der Waals surface area contributed by atoms with E-state index in [1.165, 1.54) is 12.0 Å². The zero-order chi connectivity index (χ0) is 15.3. The fourth-order valence-corrected chi connectivity index (χ4v) is 2.90. The second-order valence-electron chi connectivity index (χ2n) is 7.24. The molecule has 0 bridgehead atoms. The highest BCUT2D eigenvalue weighted by Crippen LogP contribution is 2.29. The number of piperidine rings is 1. The van der Waals surface area contributed by atoms with Crippen LogP contribution in [0.15, 0.2) is 30.3 Å². The Kier molecular flexibility index (Phi) is 5.40. The quantitative estimate of drug-likeness (QED) is 0.891. The van der Waals surface area contributed by atoms with Gasteiger partial charge in [-0.05, 0) is 36.8 Å². The van der Waals surface area contributed by atoms with Gasteiger partial charge >= 0.3 is 0 Å². The third-order valence-electron chi connectivity index (χ3n) is 3.96. The molecular formula is C18H28N2O. The molecule has 0 saturated carbocycles. The minimum atomic E-state index is -0.0232. The van der Waals surface area contributed by atoms with Crippen molar-refractivity contribution in [3.05, 3.63) is 35.9 Å². The van der Waals surface area contributed by atoms with Gasteiger partial charge in [-0.1, -0.05) is 57.5 Å². The molecule has 1 amide bonds. The van der Waals surface area contributed by atoms with Crippen LogP contribution in [0.2, 0.25) is 0 Å². The zero-order valence-corrected chi connectivity index (χ0v) is 13.5. The van der Waals surface area contributed by atoms with E-state index in [-0.39, 0.29) is 23.4 Å². The van der Waals surface area contributed by atoms with Gasteiger partial charge < -0.3 is 10.6 Å². The van der Waals surface area contributed by atoms with E-state index in [4.69, 9.17) is 0 Å². The summed E-state index contributed by atoms with van der Waals surface area (Å²) >= 11 is 0. The smallest absolute Gasteiger partial charge is 0.237 e. The molecule has 3 nitrogen and oxygen atoms in total. The predicted octanol–water partition coefficient (Wildman–Crippen LogP) is 3.42. The van der Waals surface area contributed by atoms with Gasteiger partial charge in [-0.2, -0.15) is 0 Å². The molecule has 21 heavy (non-hydrogen) atoms. The van der Waals surface area contributed by atoms with E-state index in [0.717, 1.165) is 25.8 Å². The van der Waals surface area contributed by atoms with E-state index in [0.29, 0.717) is 0 Å². The Labute approximate surface area is 128 Å². The first-order valence-electron chi connectivity index (χ1n) is 8.04. The minimum Gasteiger partial charge on any atom is -0.348 e. The van der Waals surface area contributed by atoms with E-state index >= 15 is 0 Å². The lowest BCUT2D eigenvalue weighted by atomic mass is 9.85. The van der Waals surface area contributed by atoms with Crippen LogP contribution < -0.4 is 10.6 Å². The van der Waals surface area contributed by atoms with Crippen LogP contribution in [0.4, 0.5) is 0 Å². The molecule has 1 aliphatic heterocycles. The van der Waals surface area contributed by atoms with Gasteiger partial charge in [0.05, 0.1) is 12.1 Å². The van der Waals surface area contributed by atoms with E-state index in [9.17, 15) is 4.79 Å². The topological polar surface area (TPSA) is 41.1 Å². The molecule has 1 aromatic rings. The average Bonchev–Trinajstić information content (AvgIpc) is 2.47. The summed E-state index contributed by atoms with van der Waals surface area (Å²) in [5.41, 5.74) is 1.37. The van der Waals surface area contributed by atoms with Crippen molar-refractivity contribution in [3.63, 3.8) is 0 Å². The molecule has 0 aromatic heterocycles. The van der Waals surface area contributed by atoms with Gasteiger partial charge in [-0.3, -0.25) is 4.79 Å². The summed E-state index contributed by atoms with van der Waals surface area (Å²) in [6, 6.07) is 10.4. The van der Waals surface area contributed by atoms with Crippen LogP contribution >= 0.6 is 0 Å². The summed E-state index contributed by atoms with van der Waals surface area (Å²) in [5, 5.41) is 6.58. The fraction of sp³-hybridized carbons (Fsp3) is 0.611. The number of benzene rings is 1. The molecule has 116 valence electrons. The molecule has 2 unspecified atom stereocenters. The van der Waals surface area contributed by atoms with Crippen molar-refractivity contribution in [2.75, 3.05) is 6.54 Å². The number of nitrogens with one attached hydrogen (secondary N) is 2. The van der Waals surface area contributed by atoms with E-state index in [2.05, 4.69) is 43.5 Å². The maximum absolute atomic E-state index is 12.5. The lowest BCUT2D eigenvalue weighted by molar-refractivity contribution is -0.124. The Bertz CT molecular complexity index is 444. The maximum atomic E-state index is 12.5. The van der Waals surface area contributed by atoms with Gasteiger partial charge in [0.15, 0.2) is 0 Å². The zero-order valence-electron chi connectivity index (χ0n) is 13.5. The lowest BCUT2D eigenvalue weighted by Crippen LogP contribution is -2.47. The monoisotopic (exact) mass is 288 g/mol. The second-order valence-corrected chi connectivity index (χ2v) is 7.24. The molecule has 0 radical (unpaired) electrons. The molecule has 1 aromatic carbocycles. The van der Waals surface area contributed by atoms with Crippen molar-refractivity contribution >= 4 is 5.91 Å². The highest BCUT2D eigenvalue weighted by atomic mass is 16.2. The summed E-state index contributed by atoms with van der Waals surface area (Å²) in [6.45, 7) is 7.60. The molecular weight excluding hydrogens is 260 g/mol. The first-order chi connectivity index (χ1) is 9.96. The molecule has 1 heterocycles. The fourth-order valence-electron chi connectivity index (χ4n) is 2.90. The molecule has 1 saturated heterocycles. The number of amides is 1. The van der Waals surface area contributed by atoms with Crippen molar-refractivity contribution in [3.8, 4) is 0 Å². The van der Waals surface area contributed by atoms with Crippen molar-refractivity contribution in [1.29, 1.82) is 0 Å². The van der Waals surface area contributed by atoms with E-state index < -0.39 is 0 Å². The highest BCUT2D eigenvalue weighted by Gasteiger charge is 2.26. The summed E-state index contributed by atoms with van der Waals surface area (Å²) in [5.74, 6) is 0.146. The molecule has 1 fully saturated rings. The summed E-state index contributed by atoms with van der Waals surface area (Å²) in [7, 11) is 0. The standard InChI is InChI=1S/C18H28N2O/c1-18(2,3)13-16(14-9-5-4-6-10-14)20-17(21)15-11-7-8-12-19-15/h4-6,9-10,15-16,19H,7-8,11-13H2,1-3H3,(H,20,21). The van der Waals surface area contributed by atoms with Gasteiger partial charge in [-0.15, -0.1) is 0 Å². The minimum absolute atomic E-state index is 0.0232. The van der Waals surface area contributed by atoms with Crippen molar-refractivity contribution in [1.82, 2.24) is 10.6 Å².